The molecule has 8 rings (SSSR count). The molecule has 188 valence electrons. The lowest BCUT2D eigenvalue weighted by molar-refractivity contribution is -0.0923. The van der Waals surface area contributed by atoms with E-state index in [1.165, 1.54) is 16.7 Å². The van der Waals surface area contributed by atoms with Crippen LogP contribution in [0.3, 0.4) is 0 Å². The van der Waals surface area contributed by atoms with Gasteiger partial charge in [0.1, 0.15) is 5.52 Å². The lowest BCUT2D eigenvalue weighted by Gasteiger charge is -2.47. The van der Waals surface area contributed by atoms with Gasteiger partial charge in [0, 0.05) is 37.9 Å². The highest BCUT2D eigenvalue weighted by molar-refractivity contribution is 5.78. The molecule has 3 atom stereocenters. The minimum Gasteiger partial charge on any atom is -0.378 e. The first-order chi connectivity index (χ1) is 17.6. The summed E-state index contributed by atoms with van der Waals surface area (Å²) in [6.45, 7) is 6.94. The van der Waals surface area contributed by atoms with Gasteiger partial charge in [0.15, 0.2) is 5.65 Å². The predicted octanol–water partition coefficient (Wildman–Crippen LogP) is 2.94. The third-order valence-corrected chi connectivity index (χ3v) is 8.24. The zero-order valence-electron chi connectivity index (χ0n) is 20.6. The van der Waals surface area contributed by atoms with Crippen LogP contribution in [-0.4, -0.2) is 82.4 Å². The van der Waals surface area contributed by atoms with Gasteiger partial charge in [0.05, 0.1) is 49.9 Å². The predicted molar refractivity (Wildman–Crippen MR) is 135 cm³/mol. The zero-order chi connectivity index (χ0) is 24.2. The van der Waals surface area contributed by atoms with Gasteiger partial charge < -0.3 is 29.6 Å². The van der Waals surface area contributed by atoms with Crippen LogP contribution in [0.4, 0.5) is 4.79 Å². The Morgan fingerprint density at radius 2 is 2.17 bits per heavy atom. The molecule has 2 aromatic heterocycles. The topological polar surface area (TPSA) is 95.6 Å². The number of nitrogens with zero attached hydrogens (tertiary/aromatic N) is 4. The van der Waals surface area contributed by atoms with E-state index in [-0.39, 0.29) is 24.2 Å². The number of H-pyrrole nitrogens is 1. The molecule has 0 radical (unpaired) electrons. The van der Waals surface area contributed by atoms with Gasteiger partial charge in [-0.3, -0.25) is 0 Å². The number of ether oxygens (including phenoxy) is 2. The fourth-order valence-corrected chi connectivity index (χ4v) is 6.20. The molecule has 5 aliphatic rings. The number of hydrogen-bond donors (Lipinski definition) is 2. The molecule has 36 heavy (non-hydrogen) atoms. The Morgan fingerprint density at radius 1 is 1.22 bits per heavy atom. The molecule has 4 saturated heterocycles. The number of rotatable bonds is 2. The van der Waals surface area contributed by atoms with Crippen molar-refractivity contribution in [3.8, 4) is 11.3 Å². The normalized spacial score (nSPS) is 25.9. The fraction of sp³-hybridized carbons (Fsp3) is 0.519. The zero-order valence-corrected chi connectivity index (χ0v) is 20.6. The van der Waals surface area contributed by atoms with Crippen LogP contribution in [0.25, 0.3) is 22.4 Å². The Bertz CT molecular complexity index is 1310. The van der Waals surface area contributed by atoms with Crippen molar-refractivity contribution in [3.63, 3.8) is 0 Å². The van der Waals surface area contributed by atoms with Crippen LogP contribution < -0.4 is 5.32 Å². The van der Waals surface area contributed by atoms with Crippen LogP contribution in [0.15, 0.2) is 24.5 Å². The molecule has 9 heteroatoms. The summed E-state index contributed by atoms with van der Waals surface area (Å²) in [5.41, 5.74) is 8.47. The molecular weight excluding hydrogens is 456 g/mol. The van der Waals surface area contributed by atoms with Crippen LogP contribution >= 0.6 is 0 Å². The van der Waals surface area contributed by atoms with Gasteiger partial charge in [0.25, 0.3) is 0 Å². The monoisotopic (exact) mass is 488 g/mol. The number of aromatic nitrogens is 3. The summed E-state index contributed by atoms with van der Waals surface area (Å²) in [6, 6.07) is 4.94. The number of amides is 2. The van der Waals surface area contributed by atoms with E-state index in [9.17, 15) is 4.79 Å². The Balaban J connectivity index is 1.24. The maximum absolute atomic E-state index is 13.6. The van der Waals surface area contributed by atoms with Crippen molar-refractivity contribution >= 4 is 17.2 Å². The van der Waals surface area contributed by atoms with Gasteiger partial charge in [-0.05, 0) is 60.6 Å². The lowest BCUT2D eigenvalue weighted by Crippen LogP contribution is -2.60. The molecule has 0 spiro atoms. The van der Waals surface area contributed by atoms with Gasteiger partial charge in [-0.15, -0.1) is 0 Å². The molecule has 2 bridgehead atoms. The van der Waals surface area contributed by atoms with Crippen LogP contribution in [0.2, 0.25) is 0 Å². The first-order valence-corrected chi connectivity index (χ1v) is 13.1. The second-order valence-electron chi connectivity index (χ2n) is 10.5. The fourth-order valence-electron chi connectivity index (χ4n) is 6.20. The highest BCUT2D eigenvalue weighted by Crippen LogP contribution is 2.35. The lowest BCUT2D eigenvalue weighted by atomic mass is 9.88. The van der Waals surface area contributed by atoms with Gasteiger partial charge in [-0.1, -0.05) is 0 Å². The van der Waals surface area contributed by atoms with E-state index in [0.29, 0.717) is 19.8 Å². The molecule has 0 aliphatic carbocycles. The van der Waals surface area contributed by atoms with Crippen LogP contribution in [0.5, 0.6) is 0 Å². The number of benzene rings is 1. The highest BCUT2D eigenvalue weighted by Gasteiger charge is 2.40. The summed E-state index contributed by atoms with van der Waals surface area (Å²) in [5, 5.41) is 3.63. The number of carbonyl (C=O) groups is 1. The van der Waals surface area contributed by atoms with E-state index >= 15 is 0 Å². The van der Waals surface area contributed by atoms with E-state index in [2.05, 4.69) is 32.3 Å². The van der Waals surface area contributed by atoms with E-state index in [4.69, 9.17) is 14.5 Å². The molecular formula is C27H32N6O3. The molecule has 4 fully saturated rings. The molecule has 2 amide bonds. The highest BCUT2D eigenvalue weighted by atomic mass is 16.5. The molecule has 7 heterocycles. The van der Waals surface area contributed by atoms with E-state index in [0.717, 1.165) is 73.5 Å². The average Bonchev–Trinajstić information content (AvgIpc) is 3.32. The molecule has 2 N–H and O–H groups in total. The standard InChI is InChI=1S/C27H32N6O3/c1-16-10-29-26-25(16)31-23(11-30-26)18-8-17-4-6-32(27(34)33-12-20-3-2-19(33)14-36-20)13-22(17)21(9-18)24-15-35-7-5-28-24/h8-11,19-20,24,28H,2-7,12-15H2,1H3,(H,29,30)/t19?,20?,24-/m0/s1. The number of nitrogens with one attached hydrogen (secondary N) is 2. The molecule has 1 aromatic carbocycles. The molecule has 0 saturated carbocycles. The van der Waals surface area contributed by atoms with Gasteiger partial charge >= 0.3 is 6.03 Å². The minimum atomic E-state index is 0.0904. The van der Waals surface area contributed by atoms with Crippen molar-refractivity contribution < 1.29 is 14.3 Å². The quantitative estimate of drug-likeness (QED) is 0.576. The van der Waals surface area contributed by atoms with E-state index < -0.39 is 0 Å². The Hall–Kier alpha value is -3.01. The first-order valence-electron chi connectivity index (χ1n) is 13.1. The maximum atomic E-state index is 13.6. The van der Waals surface area contributed by atoms with E-state index in [1.807, 2.05) is 24.2 Å². The van der Waals surface area contributed by atoms with Gasteiger partial charge in [-0.25, -0.2) is 14.8 Å². The Morgan fingerprint density at radius 3 is 2.94 bits per heavy atom. The minimum absolute atomic E-state index is 0.0904. The largest absolute Gasteiger partial charge is 0.378 e. The smallest absolute Gasteiger partial charge is 0.320 e. The number of aromatic amines is 1. The summed E-state index contributed by atoms with van der Waals surface area (Å²) in [5.74, 6) is 0. The van der Waals surface area contributed by atoms with Gasteiger partial charge in [-0.2, -0.15) is 0 Å². The number of urea groups is 1. The summed E-state index contributed by atoms with van der Waals surface area (Å²) >= 11 is 0. The van der Waals surface area contributed by atoms with Crippen molar-refractivity contribution in [2.45, 2.75) is 50.9 Å². The number of fused-ring (bicyclic) bond motifs is 5. The molecule has 2 unspecified atom stereocenters. The van der Waals surface area contributed by atoms with Crippen LogP contribution in [-0.2, 0) is 22.4 Å². The average molecular weight is 489 g/mol. The van der Waals surface area contributed by atoms with Crippen molar-refractivity contribution in [3.05, 3.63) is 46.8 Å². The molecule has 5 aliphatic heterocycles. The van der Waals surface area contributed by atoms with Crippen molar-refractivity contribution in [1.82, 2.24) is 30.1 Å². The van der Waals surface area contributed by atoms with Crippen molar-refractivity contribution in [1.29, 1.82) is 0 Å². The van der Waals surface area contributed by atoms with Crippen LogP contribution in [0.1, 0.15) is 41.1 Å². The Kier molecular flexibility index (Phi) is 5.45. The summed E-state index contributed by atoms with van der Waals surface area (Å²) < 4.78 is 11.7. The second-order valence-corrected chi connectivity index (χ2v) is 10.5. The van der Waals surface area contributed by atoms with Crippen molar-refractivity contribution in [2.75, 3.05) is 39.5 Å². The summed E-state index contributed by atoms with van der Waals surface area (Å²) in [6.07, 6.45) is 6.93. The Labute approximate surface area is 210 Å². The number of aryl methyl sites for hydroxylation is 1. The first kappa shape index (κ1) is 22.2. The number of carbonyl (C=O) groups excluding carboxylic acids is 1. The third-order valence-electron chi connectivity index (χ3n) is 8.24. The number of morpholine rings is 2. The number of hydrogen-bond acceptors (Lipinski definition) is 6. The third kappa shape index (κ3) is 3.77. The maximum Gasteiger partial charge on any atom is 0.320 e. The summed E-state index contributed by atoms with van der Waals surface area (Å²) in [4.78, 5) is 30.4. The van der Waals surface area contributed by atoms with E-state index in [1.54, 1.807) is 0 Å². The summed E-state index contributed by atoms with van der Waals surface area (Å²) in [7, 11) is 0. The SMILES string of the molecule is Cc1c[nH]c2ncc(-c3cc4c(c([C@@H]5COCCN5)c3)CN(C(=O)N3CC5CCC3CO5)CC4)nc12. The van der Waals surface area contributed by atoms with Crippen molar-refractivity contribution in [2.24, 2.45) is 0 Å². The second kappa shape index (κ2) is 8.83. The molecule has 9 nitrogen and oxygen atoms in total. The van der Waals surface area contributed by atoms with Crippen LogP contribution in [0, 0.1) is 6.92 Å². The van der Waals surface area contributed by atoms with Gasteiger partial charge in [0.2, 0.25) is 0 Å². The molecule has 3 aromatic rings. The number of piperidine rings is 1.